The molecule has 0 fully saturated rings. The van der Waals surface area contributed by atoms with E-state index in [-0.39, 0.29) is 5.92 Å². The fourth-order valence-corrected chi connectivity index (χ4v) is 2.56. The molecule has 21 heavy (non-hydrogen) atoms. The molecule has 2 unspecified atom stereocenters. The van der Waals surface area contributed by atoms with Crippen molar-refractivity contribution < 1.29 is 4.52 Å². The molecule has 0 aliphatic heterocycles. The van der Waals surface area contributed by atoms with E-state index < -0.39 is 0 Å². The van der Waals surface area contributed by atoms with Crippen LogP contribution in [0.15, 0.2) is 29.0 Å². The van der Waals surface area contributed by atoms with E-state index >= 15 is 0 Å². The lowest BCUT2D eigenvalue weighted by atomic mass is 9.89. The van der Waals surface area contributed by atoms with Crippen LogP contribution in [0.25, 0.3) is 11.4 Å². The largest absolute Gasteiger partial charge is 0.339 e. The molecule has 0 radical (unpaired) electrons. The van der Waals surface area contributed by atoms with Crippen LogP contribution in [0.5, 0.6) is 0 Å². The summed E-state index contributed by atoms with van der Waals surface area (Å²) < 4.78 is 5.51. The second-order valence-corrected chi connectivity index (χ2v) is 5.71. The molecular formula is C16H24N4O. The average molecular weight is 288 g/mol. The zero-order valence-corrected chi connectivity index (χ0v) is 13.2. The van der Waals surface area contributed by atoms with Crippen LogP contribution in [0.2, 0.25) is 0 Å². The highest BCUT2D eigenvalue weighted by atomic mass is 16.5. The van der Waals surface area contributed by atoms with E-state index in [2.05, 4.69) is 48.1 Å². The van der Waals surface area contributed by atoms with Crippen molar-refractivity contribution in [3.8, 4) is 11.4 Å². The Kier molecular flexibility index (Phi) is 5.44. The maximum Gasteiger partial charge on any atom is 0.231 e. The van der Waals surface area contributed by atoms with Crippen molar-refractivity contribution in [3.63, 3.8) is 0 Å². The number of nitrogens with one attached hydrogen (secondary N) is 1. The Labute approximate surface area is 126 Å². The highest BCUT2D eigenvalue weighted by molar-refractivity contribution is 5.51. The molecule has 2 aromatic rings. The van der Waals surface area contributed by atoms with E-state index in [9.17, 15) is 0 Å². The summed E-state index contributed by atoms with van der Waals surface area (Å²) in [5, 5.41) is 7.62. The standard InChI is InChI=1S/C16H24N4O/c1-5-8-18-12(4)14(11(2)3)16-19-15(20-21-16)13-7-6-9-17-10-13/h6-7,9-12,14,18H,5,8H2,1-4H3. The number of pyridine rings is 1. The van der Waals surface area contributed by atoms with Gasteiger partial charge in [-0.1, -0.05) is 25.9 Å². The van der Waals surface area contributed by atoms with E-state index in [4.69, 9.17) is 4.52 Å². The summed E-state index contributed by atoms with van der Waals surface area (Å²) in [6.45, 7) is 9.70. The second-order valence-electron chi connectivity index (χ2n) is 5.71. The van der Waals surface area contributed by atoms with Crippen LogP contribution < -0.4 is 5.32 Å². The van der Waals surface area contributed by atoms with E-state index in [0.29, 0.717) is 23.7 Å². The third-order valence-electron chi connectivity index (χ3n) is 3.62. The third kappa shape index (κ3) is 3.88. The first-order valence-corrected chi connectivity index (χ1v) is 7.60. The topological polar surface area (TPSA) is 63.8 Å². The molecule has 0 saturated heterocycles. The highest BCUT2D eigenvalue weighted by Gasteiger charge is 2.28. The molecule has 2 heterocycles. The van der Waals surface area contributed by atoms with Crippen LogP contribution in [-0.2, 0) is 0 Å². The predicted octanol–water partition coefficient (Wildman–Crippen LogP) is 3.26. The van der Waals surface area contributed by atoms with Gasteiger partial charge >= 0.3 is 0 Å². The Bertz CT molecular complexity index is 538. The molecular weight excluding hydrogens is 264 g/mol. The van der Waals surface area contributed by atoms with Gasteiger partial charge in [-0.25, -0.2) is 0 Å². The molecule has 0 amide bonds. The van der Waals surface area contributed by atoms with Gasteiger partial charge in [-0.05, 0) is 37.9 Å². The van der Waals surface area contributed by atoms with Gasteiger partial charge in [0, 0.05) is 24.0 Å². The fourth-order valence-electron chi connectivity index (χ4n) is 2.56. The molecule has 0 aliphatic rings. The van der Waals surface area contributed by atoms with Gasteiger partial charge < -0.3 is 9.84 Å². The van der Waals surface area contributed by atoms with Crippen molar-refractivity contribution in [2.24, 2.45) is 5.92 Å². The van der Waals surface area contributed by atoms with Crippen LogP contribution in [0.4, 0.5) is 0 Å². The molecule has 0 saturated carbocycles. The summed E-state index contributed by atoms with van der Waals surface area (Å²) in [5.74, 6) is 1.92. The Balaban J connectivity index is 2.20. The molecule has 2 atom stereocenters. The van der Waals surface area contributed by atoms with Crippen LogP contribution in [0.1, 0.15) is 45.9 Å². The molecule has 114 valence electrons. The SMILES string of the molecule is CCCNC(C)C(c1nc(-c2cccnc2)no1)C(C)C. The van der Waals surface area contributed by atoms with Gasteiger partial charge in [-0.3, -0.25) is 4.98 Å². The number of hydrogen-bond acceptors (Lipinski definition) is 5. The van der Waals surface area contributed by atoms with Crippen LogP contribution in [-0.4, -0.2) is 27.7 Å². The lowest BCUT2D eigenvalue weighted by molar-refractivity contribution is 0.280. The van der Waals surface area contributed by atoms with E-state index in [1.165, 1.54) is 0 Å². The van der Waals surface area contributed by atoms with Crippen LogP contribution in [0, 0.1) is 5.92 Å². The lowest BCUT2D eigenvalue weighted by Gasteiger charge is -2.24. The zero-order chi connectivity index (χ0) is 15.2. The van der Waals surface area contributed by atoms with E-state index in [0.717, 1.165) is 18.5 Å². The molecule has 2 aromatic heterocycles. The number of rotatable bonds is 7. The van der Waals surface area contributed by atoms with Crippen LogP contribution >= 0.6 is 0 Å². The van der Waals surface area contributed by atoms with Gasteiger partial charge in [0.15, 0.2) is 0 Å². The molecule has 5 heteroatoms. The lowest BCUT2D eigenvalue weighted by Crippen LogP contribution is -2.35. The molecule has 1 N–H and O–H groups in total. The van der Waals surface area contributed by atoms with E-state index in [1.54, 1.807) is 12.4 Å². The first-order valence-electron chi connectivity index (χ1n) is 7.60. The van der Waals surface area contributed by atoms with Crippen molar-refractivity contribution in [1.29, 1.82) is 0 Å². The number of aromatic nitrogens is 3. The summed E-state index contributed by atoms with van der Waals surface area (Å²) in [6, 6.07) is 4.11. The summed E-state index contributed by atoms with van der Waals surface area (Å²) >= 11 is 0. The minimum atomic E-state index is 0.203. The predicted molar refractivity (Wildman–Crippen MR) is 82.9 cm³/mol. The fraction of sp³-hybridized carbons (Fsp3) is 0.562. The quantitative estimate of drug-likeness (QED) is 0.847. The number of hydrogen-bond donors (Lipinski definition) is 1. The second kappa shape index (κ2) is 7.31. The Morgan fingerprint density at radius 1 is 1.29 bits per heavy atom. The normalized spacial score (nSPS) is 14.3. The van der Waals surface area contributed by atoms with Crippen LogP contribution in [0.3, 0.4) is 0 Å². The minimum absolute atomic E-state index is 0.203. The zero-order valence-electron chi connectivity index (χ0n) is 13.2. The molecule has 0 aromatic carbocycles. The summed E-state index contributed by atoms with van der Waals surface area (Å²) in [6.07, 6.45) is 4.59. The van der Waals surface area contributed by atoms with E-state index in [1.807, 2.05) is 12.1 Å². The summed E-state index contributed by atoms with van der Waals surface area (Å²) in [5.41, 5.74) is 0.879. The summed E-state index contributed by atoms with van der Waals surface area (Å²) in [7, 11) is 0. The summed E-state index contributed by atoms with van der Waals surface area (Å²) in [4.78, 5) is 8.67. The molecule has 5 nitrogen and oxygen atoms in total. The van der Waals surface area contributed by atoms with Crippen molar-refractivity contribution in [2.45, 2.75) is 46.1 Å². The van der Waals surface area contributed by atoms with Gasteiger partial charge in [0.2, 0.25) is 11.7 Å². The molecule has 0 bridgehead atoms. The van der Waals surface area contributed by atoms with Gasteiger partial charge in [0.1, 0.15) is 0 Å². The van der Waals surface area contributed by atoms with Crippen molar-refractivity contribution in [1.82, 2.24) is 20.4 Å². The first-order chi connectivity index (χ1) is 10.1. The van der Waals surface area contributed by atoms with Crippen molar-refractivity contribution >= 4 is 0 Å². The molecule has 2 rings (SSSR count). The van der Waals surface area contributed by atoms with Gasteiger partial charge in [-0.15, -0.1) is 0 Å². The molecule has 0 aliphatic carbocycles. The number of nitrogens with zero attached hydrogens (tertiary/aromatic N) is 3. The Morgan fingerprint density at radius 3 is 2.71 bits per heavy atom. The van der Waals surface area contributed by atoms with Gasteiger partial charge in [-0.2, -0.15) is 4.98 Å². The van der Waals surface area contributed by atoms with Crippen molar-refractivity contribution in [3.05, 3.63) is 30.4 Å². The highest BCUT2D eigenvalue weighted by Crippen LogP contribution is 2.28. The maximum absolute atomic E-state index is 5.51. The van der Waals surface area contributed by atoms with Gasteiger partial charge in [0.05, 0.1) is 5.92 Å². The monoisotopic (exact) mass is 288 g/mol. The Hall–Kier alpha value is -1.75. The third-order valence-corrected chi connectivity index (χ3v) is 3.62. The maximum atomic E-state index is 5.51. The average Bonchev–Trinajstić information content (AvgIpc) is 2.95. The Morgan fingerprint density at radius 2 is 2.10 bits per heavy atom. The smallest absolute Gasteiger partial charge is 0.231 e. The van der Waals surface area contributed by atoms with Crippen molar-refractivity contribution in [2.75, 3.05) is 6.54 Å². The first kappa shape index (κ1) is 15.6. The van der Waals surface area contributed by atoms with Gasteiger partial charge in [0.25, 0.3) is 0 Å². The minimum Gasteiger partial charge on any atom is -0.339 e. The molecule has 0 spiro atoms.